The summed E-state index contributed by atoms with van der Waals surface area (Å²) in [5, 5.41) is 0.687. The Hall–Kier alpha value is -3.52. The average Bonchev–Trinajstić information content (AvgIpc) is 2.89. The number of nitrogens with two attached hydrogens (primary N) is 1. The summed E-state index contributed by atoms with van der Waals surface area (Å²) >= 11 is 0. The summed E-state index contributed by atoms with van der Waals surface area (Å²) in [6.07, 6.45) is 2.95. The SMILES string of the molecule is NCCCCCC(=O)NCC(C(=O)CCCCC(=O)N1Cc2ccccc2C#Cc2ccccc21)S(=O)(=O)O. The molecule has 0 radical (unpaired) electrons. The predicted octanol–water partition coefficient (Wildman–Crippen LogP) is 2.95. The molecule has 0 fully saturated rings. The molecule has 1 aliphatic heterocycles. The van der Waals surface area contributed by atoms with Crippen molar-refractivity contribution in [3.05, 3.63) is 65.2 Å². The van der Waals surface area contributed by atoms with Gasteiger partial charge in [-0.25, -0.2) is 0 Å². The standard InChI is InChI=1S/C29H35N3O6S/c30-19-9-1-2-15-28(34)31-20-27(39(36,37)38)26(33)14-7-8-16-29(35)32-21-24-12-4-3-10-22(24)17-18-23-11-5-6-13-25(23)32/h3-6,10-13,27H,1-2,7-9,14-16,19-21,30H2,(H,31,34)(H,36,37,38). The molecule has 2 aromatic carbocycles. The van der Waals surface area contributed by atoms with Crippen LogP contribution < -0.4 is 16.0 Å². The van der Waals surface area contributed by atoms with E-state index in [0.29, 0.717) is 31.6 Å². The summed E-state index contributed by atoms with van der Waals surface area (Å²) in [4.78, 5) is 39.6. The number of ketones is 1. The third-order valence-corrected chi connectivity index (χ3v) is 7.70. The molecule has 4 N–H and O–H groups in total. The molecule has 0 saturated carbocycles. The molecule has 9 nitrogen and oxygen atoms in total. The third-order valence-electron chi connectivity index (χ3n) is 6.55. The number of carbonyl (C=O) groups excluding carboxylic acids is 3. The van der Waals surface area contributed by atoms with Crippen LogP contribution in [0.1, 0.15) is 68.1 Å². The van der Waals surface area contributed by atoms with E-state index in [-0.39, 0.29) is 37.5 Å². The van der Waals surface area contributed by atoms with Crippen LogP contribution in [-0.2, 0) is 31.0 Å². The fourth-order valence-corrected chi connectivity index (χ4v) is 5.11. The molecule has 3 rings (SSSR count). The van der Waals surface area contributed by atoms with Gasteiger partial charge >= 0.3 is 0 Å². The topological polar surface area (TPSA) is 147 Å². The molecule has 0 aliphatic carbocycles. The number of fused-ring (bicyclic) bond motifs is 2. The monoisotopic (exact) mass is 553 g/mol. The van der Waals surface area contributed by atoms with Gasteiger partial charge in [-0.3, -0.25) is 18.9 Å². The van der Waals surface area contributed by atoms with Crippen LogP contribution in [0.25, 0.3) is 0 Å². The highest BCUT2D eigenvalue weighted by Gasteiger charge is 2.31. The van der Waals surface area contributed by atoms with E-state index in [2.05, 4.69) is 17.2 Å². The van der Waals surface area contributed by atoms with Crippen molar-refractivity contribution in [2.45, 2.75) is 63.2 Å². The van der Waals surface area contributed by atoms with Crippen molar-refractivity contribution in [1.82, 2.24) is 5.32 Å². The Morgan fingerprint density at radius 3 is 2.28 bits per heavy atom. The lowest BCUT2D eigenvalue weighted by atomic mass is 10.0. The van der Waals surface area contributed by atoms with E-state index < -0.39 is 27.7 Å². The molecule has 2 aromatic rings. The molecule has 0 aromatic heterocycles. The molecule has 0 saturated heterocycles. The lowest BCUT2D eigenvalue weighted by molar-refractivity contribution is -0.122. The minimum atomic E-state index is -4.70. The average molecular weight is 554 g/mol. The molecule has 1 atom stereocenters. The second-order valence-corrected chi connectivity index (χ2v) is 11.1. The number of unbranched alkanes of at least 4 members (excludes halogenated alkanes) is 3. The summed E-state index contributed by atoms with van der Waals surface area (Å²) in [5.41, 5.74) is 8.66. The maximum absolute atomic E-state index is 13.3. The first-order valence-electron chi connectivity index (χ1n) is 13.2. The summed E-state index contributed by atoms with van der Waals surface area (Å²) < 4.78 is 33.2. The molecule has 1 unspecified atom stereocenters. The van der Waals surface area contributed by atoms with Gasteiger partial charge in [0.25, 0.3) is 10.1 Å². The van der Waals surface area contributed by atoms with Gasteiger partial charge in [0.05, 0.1) is 12.2 Å². The first-order chi connectivity index (χ1) is 18.7. The van der Waals surface area contributed by atoms with E-state index in [1.165, 1.54) is 0 Å². The molecule has 39 heavy (non-hydrogen) atoms. The number of hydrogen-bond donors (Lipinski definition) is 3. The Kier molecular flexibility index (Phi) is 11.2. The highest BCUT2D eigenvalue weighted by Crippen LogP contribution is 2.26. The number of carbonyl (C=O) groups is 3. The highest BCUT2D eigenvalue weighted by atomic mass is 32.2. The number of nitrogens with zero attached hydrogens (tertiary/aromatic N) is 1. The van der Waals surface area contributed by atoms with Gasteiger partial charge in [0.2, 0.25) is 11.8 Å². The third kappa shape index (κ3) is 9.03. The lowest BCUT2D eigenvalue weighted by Crippen LogP contribution is -2.41. The van der Waals surface area contributed by atoms with E-state index in [9.17, 15) is 27.4 Å². The van der Waals surface area contributed by atoms with Crippen LogP contribution in [0.2, 0.25) is 0 Å². The molecule has 1 heterocycles. The van der Waals surface area contributed by atoms with Gasteiger partial charge in [-0.15, -0.1) is 0 Å². The number of nitrogens with one attached hydrogen (secondary N) is 1. The summed E-state index contributed by atoms with van der Waals surface area (Å²) in [6.45, 7) is 0.397. The smallest absolute Gasteiger partial charge is 0.276 e. The minimum Gasteiger partial charge on any atom is -0.354 e. The zero-order chi connectivity index (χ0) is 28.3. The van der Waals surface area contributed by atoms with Gasteiger partial charge in [0, 0.05) is 36.9 Å². The first-order valence-corrected chi connectivity index (χ1v) is 14.7. The van der Waals surface area contributed by atoms with E-state index in [4.69, 9.17) is 5.73 Å². The number of Topliss-reactive ketones (excluding diaryl/α,β-unsaturated/α-hetero) is 1. The van der Waals surface area contributed by atoms with Gasteiger partial charge < -0.3 is 16.0 Å². The summed E-state index contributed by atoms with van der Waals surface area (Å²) in [5.74, 6) is 5.10. The van der Waals surface area contributed by atoms with Crippen molar-refractivity contribution in [3.63, 3.8) is 0 Å². The second kappa shape index (κ2) is 14.6. The van der Waals surface area contributed by atoms with Crippen molar-refractivity contribution < 1.29 is 27.4 Å². The van der Waals surface area contributed by atoms with Crippen molar-refractivity contribution in [3.8, 4) is 11.8 Å². The van der Waals surface area contributed by atoms with Gasteiger partial charge in [-0.05, 0) is 56.0 Å². The number of hydrogen-bond acceptors (Lipinski definition) is 6. The summed E-state index contributed by atoms with van der Waals surface area (Å²) in [7, 11) is -4.70. The Balaban J connectivity index is 1.55. The summed E-state index contributed by atoms with van der Waals surface area (Å²) in [6, 6.07) is 15.1. The normalized spacial score (nSPS) is 13.1. The quantitative estimate of drug-likeness (QED) is 0.185. The fraction of sp³-hybridized carbons (Fsp3) is 0.414. The molecular formula is C29H35N3O6S. The van der Waals surface area contributed by atoms with Crippen LogP contribution in [0.4, 0.5) is 5.69 Å². The van der Waals surface area contributed by atoms with E-state index in [1.54, 1.807) is 4.90 Å². The number of amides is 2. The highest BCUT2D eigenvalue weighted by molar-refractivity contribution is 7.87. The van der Waals surface area contributed by atoms with Gasteiger partial charge in [0.15, 0.2) is 11.0 Å². The Morgan fingerprint density at radius 1 is 0.897 bits per heavy atom. The zero-order valence-electron chi connectivity index (χ0n) is 21.9. The molecule has 2 amide bonds. The van der Waals surface area contributed by atoms with Crippen LogP contribution in [0, 0.1) is 11.8 Å². The van der Waals surface area contributed by atoms with Gasteiger partial charge in [-0.2, -0.15) is 8.42 Å². The number of para-hydroxylation sites is 1. The van der Waals surface area contributed by atoms with Crippen molar-refractivity contribution in [2.24, 2.45) is 5.73 Å². The van der Waals surface area contributed by atoms with E-state index in [1.807, 2.05) is 48.5 Å². The maximum atomic E-state index is 13.3. The number of benzene rings is 2. The van der Waals surface area contributed by atoms with Crippen LogP contribution >= 0.6 is 0 Å². The van der Waals surface area contributed by atoms with Crippen molar-refractivity contribution in [2.75, 3.05) is 18.0 Å². The van der Waals surface area contributed by atoms with E-state index >= 15 is 0 Å². The Bertz CT molecular complexity index is 1350. The lowest BCUT2D eigenvalue weighted by Gasteiger charge is -2.26. The fourth-order valence-electron chi connectivity index (χ4n) is 4.37. The molecular weight excluding hydrogens is 518 g/mol. The molecule has 1 aliphatic rings. The molecule has 0 bridgehead atoms. The second-order valence-electron chi connectivity index (χ2n) is 9.48. The van der Waals surface area contributed by atoms with E-state index in [0.717, 1.165) is 29.5 Å². The molecule has 10 heteroatoms. The number of rotatable bonds is 14. The maximum Gasteiger partial charge on any atom is 0.276 e. The van der Waals surface area contributed by atoms with Gasteiger partial charge in [-0.1, -0.05) is 48.6 Å². The first kappa shape index (κ1) is 30.0. The molecule has 208 valence electrons. The predicted molar refractivity (Wildman–Crippen MR) is 149 cm³/mol. The largest absolute Gasteiger partial charge is 0.354 e. The Labute approximate surface area is 229 Å². The molecule has 0 spiro atoms. The Morgan fingerprint density at radius 2 is 1.54 bits per heavy atom. The van der Waals surface area contributed by atoms with Gasteiger partial charge in [0.1, 0.15) is 0 Å². The number of anilines is 1. The van der Waals surface area contributed by atoms with Crippen molar-refractivity contribution in [1.29, 1.82) is 0 Å². The minimum absolute atomic E-state index is 0.137. The van der Waals surface area contributed by atoms with Crippen LogP contribution in [0.3, 0.4) is 0 Å². The zero-order valence-corrected chi connectivity index (χ0v) is 22.7. The van der Waals surface area contributed by atoms with Crippen LogP contribution in [0.15, 0.2) is 48.5 Å². The van der Waals surface area contributed by atoms with Crippen molar-refractivity contribution >= 4 is 33.4 Å². The van der Waals surface area contributed by atoms with Crippen LogP contribution in [0.5, 0.6) is 0 Å². The van der Waals surface area contributed by atoms with Crippen LogP contribution in [-0.4, -0.2) is 48.9 Å².